The highest BCUT2D eigenvalue weighted by Gasteiger charge is 2.04. The van der Waals surface area contributed by atoms with Crippen molar-refractivity contribution in [2.45, 2.75) is 40.2 Å². The molecule has 0 radical (unpaired) electrons. The zero-order valence-corrected chi connectivity index (χ0v) is 19.5. The average Bonchev–Trinajstić information content (AvgIpc) is 2.63. The Kier molecular flexibility index (Phi) is 16.4. The Morgan fingerprint density at radius 2 is 1.89 bits per heavy atom. The molecular weight excluding hydrogens is 457 g/mol. The molecule has 156 valence electrons. The maximum Gasteiger partial charge on any atom is 0.191 e. The molecule has 0 spiro atoms. The van der Waals surface area contributed by atoms with Gasteiger partial charge in [-0.15, -0.1) is 24.0 Å². The van der Waals surface area contributed by atoms with E-state index in [9.17, 15) is 0 Å². The quantitative estimate of drug-likeness (QED) is 0.191. The number of halogens is 1. The molecule has 0 heterocycles. The minimum absolute atomic E-state index is 0. The molecule has 1 aromatic rings. The lowest BCUT2D eigenvalue weighted by molar-refractivity contribution is 0.0689. The van der Waals surface area contributed by atoms with E-state index in [0.717, 1.165) is 49.8 Å². The number of methoxy groups -OCH3 is 1. The van der Waals surface area contributed by atoms with Gasteiger partial charge in [0.25, 0.3) is 0 Å². The average molecular weight is 493 g/mol. The molecule has 6 nitrogen and oxygen atoms in total. The summed E-state index contributed by atoms with van der Waals surface area (Å²) < 4.78 is 16.1. The van der Waals surface area contributed by atoms with E-state index >= 15 is 0 Å². The molecule has 7 heteroatoms. The zero-order chi connectivity index (χ0) is 19.0. The van der Waals surface area contributed by atoms with E-state index in [1.807, 2.05) is 6.92 Å². The number of aliphatic imine (C=N–C) groups is 1. The van der Waals surface area contributed by atoms with Crippen molar-refractivity contribution in [1.29, 1.82) is 0 Å². The number of guanidine groups is 1. The molecule has 0 aliphatic carbocycles. The molecule has 0 amide bonds. The summed E-state index contributed by atoms with van der Waals surface area (Å²) >= 11 is 0. The number of rotatable bonds is 13. The van der Waals surface area contributed by atoms with Crippen molar-refractivity contribution in [2.24, 2.45) is 4.99 Å². The van der Waals surface area contributed by atoms with Gasteiger partial charge in [-0.25, -0.2) is 4.99 Å². The maximum atomic E-state index is 5.73. The van der Waals surface area contributed by atoms with E-state index in [2.05, 4.69) is 47.7 Å². The second-order valence-corrected chi connectivity index (χ2v) is 5.98. The number of nitrogens with zero attached hydrogens (tertiary/aromatic N) is 1. The van der Waals surface area contributed by atoms with Gasteiger partial charge in [-0.1, -0.05) is 12.1 Å². The Balaban J connectivity index is 0.00000676. The fourth-order valence-electron chi connectivity index (χ4n) is 2.37. The summed E-state index contributed by atoms with van der Waals surface area (Å²) in [5, 5.41) is 6.66. The molecule has 1 aromatic carbocycles. The van der Waals surface area contributed by atoms with E-state index in [1.54, 1.807) is 7.11 Å². The molecule has 0 bridgehead atoms. The summed E-state index contributed by atoms with van der Waals surface area (Å²) in [7, 11) is 1.68. The number of hydrogen-bond donors (Lipinski definition) is 2. The second-order valence-electron chi connectivity index (χ2n) is 5.98. The van der Waals surface area contributed by atoms with Gasteiger partial charge < -0.3 is 24.8 Å². The number of ether oxygens (including phenoxy) is 3. The third-order valence-electron chi connectivity index (χ3n) is 3.71. The van der Waals surface area contributed by atoms with Crippen LogP contribution < -0.4 is 15.4 Å². The molecule has 0 saturated heterocycles. The first-order chi connectivity index (χ1) is 12.7. The van der Waals surface area contributed by atoms with Crippen LogP contribution in [0.3, 0.4) is 0 Å². The molecule has 0 aliphatic heterocycles. The molecule has 27 heavy (non-hydrogen) atoms. The van der Waals surface area contributed by atoms with Crippen molar-refractivity contribution in [2.75, 3.05) is 46.6 Å². The fraction of sp³-hybridized carbons (Fsp3) is 0.650. The molecule has 1 rings (SSSR count). The Hall–Kier alpha value is -1.06. The lowest BCUT2D eigenvalue weighted by Gasteiger charge is -2.13. The summed E-state index contributed by atoms with van der Waals surface area (Å²) in [5.41, 5.74) is 2.29. The lowest BCUT2D eigenvalue weighted by atomic mass is 10.1. The summed E-state index contributed by atoms with van der Waals surface area (Å²) in [6.45, 7) is 11.2. The Morgan fingerprint density at radius 3 is 2.59 bits per heavy atom. The first-order valence-electron chi connectivity index (χ1n) is 9.52. The maximum absolute atomic E-state index is 5.73. The van der Waals surface area contributed by atoms with Crippen molar-refractivity contribution < 1.29 is 14.2 Å². The number of benzene rings is 1. The largest absolute Gasteiger partial charge is 0.494 e. The van der Waals surface area contributed by atoms with Gasteiger partial charge in [-0.05, 0) is 45.2 Å². The van der Waals surface area contributed by atoms with E-state index in [0.29, 0.717) is 26.4 Å². The fourth-order valence-corrected chi connectivity index (χ4v) is 2.37. The molecule has 0 aliphatic rings. The van der Waals surface area contributed by atoms with Crippen LogP contribution in [0.2, 0.25) is 0 Å². The van der Waals surface area contributed by atoms with E-state index in [4.69, 9.17) is 14.2 Å². The number of hydrogen-bond acceptors (Lipinski definition) is 4. The molecule has 2 N–H and O–H groups in total. The predicted octanol–water partition coefficient (Wildman–Crippen LogP) is 3.51. The summed E-state index contributed by atoms with van der Waals surface area (Å²) in [4.78, 5) is 4.68. The third kappa shape index (κ3) is 12.1. The van der Waals surface area contributed by atoms with Gasteiger partial charge >= 0.3 is 0 Å². The van der Waals surface area contributed by atoms with Gasteiger partial charge in [0, 0.05) is 32.4 Å². The monoisotopic (exact) mass is 493 g/mol. The van der Waals surface area contributed by atoms with Crippen molar-refractivity contribution in [3.63, 3.8) is 0 Å². The summed E-state index contributed by atoms with van der Waals surface area (Å²) in [6, 6.07) is 6.25. The third-order valence-corrected chi connectivity index (χ3v) is 3.71. The second kappa shape index (κ2) is 17.1. The standard InChI is InChI=1S/C20H35N3O3.HI/c1-5-21-20(22-11-7-8-12-25-14-13-24-4)23-16-18-10-9-17(3)15-19(18)26-6-2;/h9-10,15H,5-8,11-14,16H2,1-4H3,(H2,21,22,23);1H. The van der Waals surface area contributed by atoms with Crippen molar-refractivity contribution >= 4 is 29.9 Å². The van der Waals surface area contributed by atoms with Crippen molar-refractivity contribution in [3.8, 4) is 5.75 Å². The van der Waals surface area contributed by atoms with Crippen LogP contribution in [-0.2, 0) is 16.0 Å². The van der Waals surface area contributed by atoms with Crippen LogP contribution >= 0.6 is 24.0 Å². The Labute approximate surface area is 181 Å². The van der Waals surface area contributed by atoms with Crippen LogP contribution in [0, 0.1) is 6.92 Å². The highest BCUT2D eigenvalue weighted by atomic mass is 127. The van der Waals surface area contributed by atoms with Gasteiger partial charge in [0.05, 0.1) is 26.4 Å². The molecule has 0 fully saturated rings. The zero-order valence-electron chi connectivity index (χ0n) is 17.2. The van der Waals surface area contributed by atoms with Crippen LogP contribution in [-0.4, -0.2) is 52.6 Å². The Morgan fingerprint density at radius 1 is 1.07 bits per heavy atom. The molecule has 0 atom stereocenters. The van der Waals surface area contributed by atoms with Gasteiger partial charge in [0.1, 0.15) is 5.75 Å². The number of unbranched alkanes of at least 4 members (excludes halogenated alkanes) is 1. The minimum atomic E-state index is 0. The van der Waals surface area contributed by atoms with E-state index < -0.39 is 0 Å². The van der Waals surface area contributed by atoms with Crippen LogP contribution in [0.15, 0.2) is 23.2 Å². The van der Waals surface area contributed by atoms with E-state index in [1.165, 1.54) is 5.56 Å². The van der Waals surface area contributed by atoms with E-state index in [-0.39, 0.29) is 24.0 Å². The van der Waals surface area contributed by atoms with Crippen LogP contribution in [0.4, 0.5) is 0 Å². The summed E-state index contributed by atoms with van der Waals surface area (Å²) in [6.07, 6.45) is 2.05. The van der Waals surface area contributed by atoms with Crippen LogP contribution in [0.1, 0.15) is 37.8 Å². The SMILES string of the molecule is CCNC(=NCc1ccc(C)cc1OCC)NCCCCOCCOC.I. The van der Waals surface area contributed by atoms with Gasteiger partial charge in [0.2, 0.25) is 0 Å². The van der Waals surface area contributed by atoms with Crippen molar-refractivity contribution in [1.82, 2.24) is 10.6 Å². The predicted molar refractivity (Wildman–Crippen MR) is 123 cm³/mol. The molecular formula is C20H36IN3O3. The van der Waals surface area contributed by atoms with Crippen LogP contribution in [0.5, 0.6) is 5.75 Å². The van der Waals surface area contributed by atoms with Gasteiger partial charge in [0.15, 0.2) is 5.96 Å². The summed E-state index contributed by atoms with van der Waals surface area (Å²) in [5.74, 6) is 1.75. The highest BCUT2D eigenvalue weighted by molar-refractivity contribution is 14.0. The first kappa shape index (κ1) is 25.9. The minimum Gasteiger partial charge on any atom is -0.494 e. The molecule has 0 aromatic heterocycles. The normalized spacial score (nSPS) is 11.0. The van der Waals surface area contributed by atoms with Crippen LogP contribution in [0.25, 0.3) is 0 Å². The smallest absolute Gasteiger partial charge is 0.191 e. The topological polar surface area (TPSA) is 64.1 Å². The van der Waals surface area contributed by atoms with Gasteiger partial charge in [-0.2, -0.15) is 0 Å². The van der Waals surface area contributed by atoms with Gasteiger partial charge in [-0.3, -0.25) is 0 Å². The lowest BCUT2D eigenvalue weighted by Crippen LogP contribution is -2.37. The molecule has 0 unspecified atom stereocenters. The number of aryl methyl sites for hydroxylation is 1. The number of nitrogens with one attached hydrogen (secondary N) is 2. The Bertz CT molecular complexity index is 527. The van der Waals surface area contributed by atoms with Crippen molar-refractivity contribution in [3.05, 3.63) is 29.3 Å². The molecule has 0 saturated carbocycles. The highest BCUT2D eigenvalue weighted by Crippen LogP contribution is 2.21. The first-order valence-corrected chi connectivity index (χ1v) is 9.52.